The number of carbonyl (C=O) groups is 1. The van der Waals surface area contributed by atoms with Crippen LogP contribution in [0, 0.1) is 0 Å². The lowest BCUT2D eigenvalue weighted by atomic mass is 10.0. The van der Waals surface area contributed by atoms with E-state index in [1.807, 2.05) is 0 Å². The van der Waals surface area contributed by atoms with Crippen molar-refractivity contribution in [3.05, 3.63) is 23.3 Å². The average molecular weight is 249 g/mol. The fraction of sp³-hybridized carbons (Fsp3) is 0.333. The summed E-state index contributed by atoms with van der Waals surface area (Å²) in [5, 5.41) is 18.5. The van der Waals surface area contributed by atoms with E-state index in [0.29, 0.717) is 24.2 Å². The number of methoxy groups -OCH3 is 1. The number of benzene rings is 1. The fourth-order valence-electron chi connectivity index (χ4n) is 1.92. The summed E-state index contributed by atoms with van der Waals surface area (Å²) in [5.74, 6) is -1.31. The molecular weight excluding hydrogens is 238 g/mol. The molecule has 18 heavy (non-hydrogen) atoms. The lowest BCUT2D eigenvalue weighted by Crippen LogP contribution is -2.08. The van der Waals surface area contributed by atoms with E-state index in [0.717, 1.165) is 0 Å². The van der Waals surface area contributed by atoms with Gasteiger partial charge in [-0.15, -0.1) is 0 Å². The van der Waals surface area contributed by atoms with Crippen molar-refractivity contribution in [2.75, 3.05) is 7.11 Å². The molecule has 1 aliphatic carbocycles. The van der Waals surface area contributed by atoms with E-state index in [1.165, 1.54) is 25.3 Å². The molecule has 1 aromatic carbocycles. The topological polar surface area (TPSA) is 96.2 Å². The molecule has 0 aliphatic heterocycles. The van der Waals surface area contributed by atoms with Crippen LogP contribution in [0.4, 0.5) is 0 Å². The highest BCUT2D eigenvalue weighted by Gasteiger charge is 2.47. The van der Waals surface area contributed by atoms with Crippen molar-refractivity contribution in [1.82, 2.24) is 0 Å². The number of hydrogen-bond acceptors (Lipinski definition) is 5. The Morgan fingerprint density at radius 3 is 2.61 bits per heavy atom. The molecule has 1 saturated carbocycles. The van der Waals surface area contributed by atoms with Gasteiger partial charge in [0.05, 0.1) is 7.11 Å². The van der Waals surface area contributed by atoms with Crippen LogP contribution in [0.1, 0.15) is 28.8 Å². The monoisotopic (exact) mass is 249 g/mol. The molecule has 0 saturated heterocycles. The highest BCUT2D eigenvalue weighted by Crippen LogP contribution is 2.53. The highest BCUT2D eigenvalue weighted by molar-refractivity contribution is 5.91. The fourth-order valence-corrected chi connectivity index (χ4v) is 1.92. The van der Waals surface area contributed by atoms with Gasteiger partial charge in [-0.3, -0.25) is 0 Å². The van der Waals surface area contributed by atoms with Gasteiger partial charge in [0.1, 0.15) is 22.6 Å². The predicted molar refractivity (Wildman–Crippen MR) is 60.7 cm³/mol. The first kappa shape index (κ1) is 12.1. The number of nitrogens with zero attached hydrogens (tertiary/aromatic N) is 1. The Balaban J connectivity index is 2.62. The van der Waals surface area contributed by atoms with Gasteiger partial charge in [-0.1, -0.05) is 0 Å². The van der Waals surface area contributed by atoms with Crippen molar-refractivity contribution in [1.29, 1.82) is 0 Å². The number of aromatic carboxylic acids is 1. The first-order chi connectivity index (χ1) is 8.54. The Kier molecular flexibility index (Phi) is 2.80. The number of phenols is 1. The quantitative estimate of drug-likeness (QED) is 0.621. The molecule has 6 nitrogen and oxygen atoms in total. The number of hydrogen-bond donors (Lipinski definition) is 2. The molecule has 0 spiro atoms. The summed E-state index contributed by atoms with van der Waals surface area (Å²) in [5.41, 5.74) is -0.493. The largest absolute Gasteiger partial charge is 0.507 e. The highest BCUT2D eigenvalue weighted by atomic mass is 16.5. The molecule has 94 valence electrons. The number of rotatable bonds is 4. The van der Waals surface area contributed by atoms with Gasteiger partial charge in [-0.2, -0.15) is 4.99 Å². The summed E-state index contributed by atoms with van der Waals surface area (Å²) in [7, 11) is 1.40. The molecule has 0 heterocycles. The van der Waals surface area contributed by atoms with Crippen molar-refractivity contribution in [3.8, 4) is 11.5 Å². The van der Waals surface area contributed by atoms with Crippen LogP contribution in [0.2, 0.25) is 0 Å². The number of carboxylic acids is 1. The molecule has 0 radical (unpaired) electrons. The third kappa shape index (κ3) is 1.83. The number of carboxylic acid groups (broad SMARTS) is 1. The van der Waals surface area contributed by atoms with Gasteiger partial charge in [-0.05, 0) is 18.9 Å². The Labute approximate surface area is 103 Å². The second kappa shape index (κ2) is 4.16. The van der Waals surface area contributed by atoms with Gasteiger partial charge in [0, 0.05) is 11.6 Å². The Morgan fingerprint density at radius 1 is 1.50 bits per heavy atom. The molecular formula is C12H11NO5. The summed E-state index contributed by atoms with van der Waals surface area (Å²) in [6.45, 7) is 0. The molecule has 0 aromatic heterocycles. The van der Waals surface area contributed by atoms with Crippen molar-refractivity contribution < 1.29 is 24.5 Å². The van der Waals surface area contributed by atoms with Gasteiger partial charge in [0.15, 0.2) is 0 Å². The van der Waals surface area contributed by atoms with Crippen LogP contribution in [0.15, 0.2) is 17.1 Å². The Hall–Kier alpha value is -2.33. The molecule has 6 heteroatoms. The zero-order chi connectivity index (χ0) is 13.3. The number of aromatic hydroxyl groups is 1. The SMILES string of the molecule is COc1cc(O)c(C(=O)O)cc1C1(N=C=O)CC1. The maximum atomic E-state index is 11.0. The first-order valence-electron chi connectivity index (χ1n) is 5.28. The van der Waals surface area contributed by atoms with Crippen LogP contribution >= 0.6 is 0 Å². The number of aliphatic imine (C=N–C) groups is 1. The van der Waals surface area contributed by atoms with E-state index in [-0.39, 0.29) is 11.3 Å². The maximum Gasteiger partial charge on any atom is 0.339 e. The third-order valence-electron chi connectivity index (χ3n) is 3.03. The third-order valence-corrected chi connectivity index (χ3v) is 3.03. The lowest BCUT2D eigenvalue weighted by Gasteiger charge is -2.15. The minimum absolute atomic E-state index is 0.238. The van der Waals surface area contributed by atoms with Crippen LogP contribution in [0.5, 0.6) is 11.5 Å². The first-order valence-corrected chi connectivity index (χ1v) is 5.28. The summed E-state index contributed by atoms with van der Waals surface area (Å²) in [4.78, 5) is 25.1. The molecule has 0 bridgehead atoms. The van der Waals surface area contributed by atoms with Gasteiger partial charge in [-0.25, -0.2) is 9.59 Å². The van der Waals surface area contributed by atoms with Gasteiger partial charge in [0.25, 0.3) is 0 Å². The van der Waals surface area contributed by atoms with Gasteiger partial charge >= 0.3 is 5.97 Å². The van der Waals surface area contributed by atoms with Crippen molar-refractivity contribution >= 4 is 12.0 Å². The second-order valence-electron chi connectivity index (χ2n) is 4.11. The zero-order valence-corrected chi connectivity index (χ0v) is 9.64. The van der Waals surface area contributed by atoms with Crippen LogP contribution in [-0.2, 0) is 10.3 Å². The standard InChI is InChI=1S/C12H11NO5/c1-18-10-5-9(15)7(11(16)17)4-8(10)12(2-3-12)13-6-14/h4-5,15H,2-3H2,1H3,(H,16,17). The molecule has 0 amide bonds. The Morgan fingerprint density at radius 2 is 2.17 bits per heavy atom. The average Bonchev–Trinajstić information content (AvgIpc) is 3.09. The van der Waals surface area contributed by atoms with Crippen LogP contribution in [0.25, 0.3) is 0 Å². The van der Waals surface area contributed by atoms with E-state index in [1.54, 1.807) is 0 Å². The summed E-state index contributed by atoms with van der Waals surface area (Å²) in [6, 6.07) is 2.52. The van der Waals surface area contributed by atoms with E-state index in [9.17, 15) is 14.7 Å². The molecule has 1 fully saturated rings. The summed E-state index contributed by atoms with van der Waals surface area (Å²) in [6.07, 6.45) is 2.75. The molecule has 2 N–H and O–H groups in total. The molecule has 0 atom stereocenters. The van der Waals surface area contributed by atoms with Crippen molar-refractivity contribution in [3.63, 3.8) is 0 Å². The Bertz CT molecular complexity index is 556. The lowest BCUT2D eigenvalue weighted by molar-refractivity contribution is 0.0693. The van der Waals surface area contributed by atoms with Crippen molar-refractivity contribution in [2.24, 2.45) is 4.99 Å². The van der Waals surface area contributed by atoms with E-state index >= 15 is 0 Å². The van der Waals surface area contributed by atoms with E-state index < -0.39 is 11.5 Å². The zero-order valence-electron chi connectivity index (χ0n) is 9.64. The van der Waals surface area contributed by atoms with E-state index in [4.69, 9.17) is 9.84 Å². The predicted octanol–water partition coefficient (Wildman–Crippen LogP) is 1.42. The second-order valence-corrected chi connectivity index (χ2v) is 4.11. The molecule has 1 aromatic rings. The normalized spacial score (nSPS) is 15.6. The van der Waals surface area contributed by atoms with Crippen LogP contribution in [-0.4, -0.2) is 29.4 Å². The van der Waals surface area contributed by atoms with Crippen molar-refractivity contribution in [2.45, 2.75) is 18.4 Å². The maximum absolute atomic E-state index is 11.0. The smallest absolute Gasteiger partial charge is 0.339 e. The van der Waals surface area contributed by atoms with Crippen LogP contribution in [0.3, 0.4) is 0 Å². The molecule has 0 unspecified atom stereocenters. The minimum atomic E-state index is -1.25. The van der Waals surface area contributed by atoms with Crippen LogP contribution < -0.4 is 4.74 Å². The number of carbonyl (C=O) groups excluding carboxylic acids is 1. The summed E-state index contributed by atoms with van der Waals surface area (Å²) < 4.78 is 5.09. The molecule has 1 aliphatic rings. The van der Waals surface area contributed by atoms with Gasteiger partial charge < -0.3 is 14.9 Å². The summed E-state index contributed by atoms with van der Waals surface area (Å²) >= 11 is 0. The number of isocyanates is 1. The minimum Gasteiger partial charge on any atom is -0.507 e. The van der Waals surface area contributed by atoms with E-state index in [2.05, 4.69) is 4.99 Å². The number of ether oxygens (including phenoxy) is 1. The molecule has 2 rings (SSSR count). The van der Waals surface area contributed by atoms with Gasteiger partial charge in [0.2, 0.25) is 6.08 Å².